The standard InChI is InChI=1S/C16H22Cl2N2O/c1-2-3-4-16(21)20-9-7-19(8-10-20)12-13-5-6-14(17)11-15(13)18/h5-6,11H,2-4,7-10,12H2,1H3. The molecule has 1 saturated heterocycles. The van der Waals surface area contributed by atoms with Gasteiger partial charge in [-0.05, 0) is 24.1 Å². The van der Waals surface area contributed by atoms with Gasteiger partial charge in [-0.25, -0.2) is 0 Å². The fourth-order valence-electron chi connectivity index (χ4n) is 2.53. The number of nitrogens with zero attached hydrogens (tertiary/aromatic N) is 2. The molecule has 3 nitrogen and oxygen atoms in total. The highest BCUT2D eigenvalue weighted by atomic mass is 35.5. The molecule has 0 spiro atoms. The topological polar surface area (TPSA) is 23.6 Å². The highest BCUT2D eigenvalue weighted by Gasteiger charge is 2.21. The third-order valence-corrected chi connectivity index (χ3v) is 4.47. The Balaban J connectivity index is 1.82. The summed E-state index contributed by atoms with van der Waals surface area (Å²) in [7, 11) is 0. The molecule has 1 aliphatic heterocycles. The Bertz CT molecular complexity index is 485. The lowest BCUT2D eigenvalue weighted by Gasteiger charge is -2.35. The maximum atomic E-state index is 12.0. The van der Waals surface area contributed by atoms with Crippen molar-refractivity contribution in [1.29, 1.82) is 0 Å². The van der Waals surface area contributed by atoms with Gasteiger partial charge in [0.05, 0.1) is 0 Å². The normalized spacial score (nSPS) is 16.2. The van der Waals surface area contributed by atoms with Crippen LogP contribution in [0.15, 0.2) is 18.2 Å². The van der Waals surface area contributed by atoms with E-state index in [4.69, 9.17) is 23.2 Å². The summed E-state index contributed by atoms with van der Waals surface area (Å²) in [6, 6.07) is 5.62. The van der Waals surface area contributed by atoms with Crippen molar-refractivity contribution in [2.75, 3.05) is 26.2 Å². The lowest BCUT2D eigenvalue weighted by molar-refractivity contribution is -0.133. The van der Waals surface area contributed by atoms with Crippen LogP contribution >= 0.6 is 23.2 Å². The molecule has 0 aliphatic carbocycles. The Labute approximate surface area is 136 Å². The number of unbranched alkanes of at least 4 members (excludes halogenated alkanes) is 1. The molecule has 0 radical (unpaired) electrons. The Morgan fingerprint density at radius 1 is 1.19 bits per heavy atom. The van der Waals surface area contributed by atoms with E-state index >= 15 is 0 Å². The molecule has 0 saturated carbocycles. The second-order valence-electron chi connectivity index (χ2n) is 5.50. The van der Waals surface area contributed by atoms with Gasteiger partial charge in [-0.3, -0.25) is 9.69 Å². The Morgan fingerprint density at radius 2 is 1.90 bits per heavy atom. The molecule has 1 aliphatic rings. The zero-order valence-corrected chi connectivity index (χ0v) is 14.0. The lowest BCUT2D eigenvalue weighted by Crippen LogP contribution is -2.48. The molecule has 0 aromatic heterocycles. The summed E-state index contributed by atoms with van der Waals surface area (Å²) in [4.78, 5) is 16.3. The average Bonchev–Trinajstić information content (AvgIpc) is 2.48. The molecule has 1 amide bonds. The van der Waals surface area contributed by atoms with E-state index in [1.165, 1.54) is 0 Å². The number of rotatable bonds is 5. The summed E-state index contributed by atoms with van der Waals surface area (Å²) in [5.41, 5.74) is 1.09. The van der Waals surface area contributed by atoms with E-state index in [0.717, 1.165) is 51.1 Å². The van der Waals surface area contributed by atoms with Gasteiger partial charge in [0, 0.05) is 49.2 Å². The minimum absolute atomic E-state index is 0.293. The van der Waals surface area contributed by atoms with E-state index in [1.54, 1.807) is 6.07 Å². The van der Waals surface area contributed by atoms with Crippen molar-refractivity contribution in [1.82, 2.24) is 9.80 Å². The van der Waals surface area contributed by atoms with Gasteiger partial charge in [-0.15, -0.1) is 0 Å². The van der Waals surface area contributed by atoms with Gasteiger partial charge >= 0.3 is 0 Å². The van der Waals surface area contributed by atoms with E-state index in [1.807, 2.05) is 17.0 Å². The van der Waals surface area contributed by atoms with E-state index in [0.29, 0.717) is 22.4 Å². The van der Waals surface area contributed by atoms with Crippen molar-refractivity contribution in [3.63, 3.8) is 0 Å². The van der Waals surface area contributed by atoms with Crippen LogP contribution in [-0.4, -0.2) is 41.9 Å². The van der Waals surface area contributed by atoms with Crippen LogP contribution in [-0.2, 0) is 11.3 Å². The summed E-state index contributed by atoms with van der Waals surface area (Å²) >= 11 is 12.1. The molecular weight excluding hydrogens is 307 g/mol. The second-order valence-corrected chi connectivity index (χ2v) is 6.34. The van der Waals surface area contributed by atoms with Crippen LogP contribution in [0.2, 0.25) is 10.0 Å². The Hall–Kier alpha value is -0.770. The molecule has 1 heterocycles. The summed E-state index contributed by atoms with van der Waals surface area (Å²) < 4.78 is 0. The van der Waals surface area contributed by atoms with Crippen molar-refractivity contribution < 1.29 is 4.79 Å². The zero-order valence-electron chi connectivity index (χ0n) is 12.4. The van der Waals surface area contributed by atoms with Crippen molar-refractivity contribution in [2.24, 2.45) is 0 Å². The fraction of sp³-hybridized carbons (Fsp3) is 0.562. The molecule has 116 valence electrons. The van der Waals surface area contributed by atoms with Crippen LogP contribution in [0.1, 0.15) is 31.7 Å². The third-order valence-electron chi connectivity index (χ3n) is 3.88. The molecule has 1 fully saturated rings. The minimum Gasteiger partial charge on any atom is -0.340 e. The number of benzene rings is 1. The summed E-state index contributed by atoms with van der Waals surface area (Å²) in [6.07, 6.45) is 2.74. The van der Waals surface area contributed by atoms with Crippen LogP contribution in [0.3, 0.4) is 0 Å². The highest BCUT2D eigenvalue weighted by Crippen LogP contribution is 2.22. The predicted molar refractivity (Wildman–Crippen MR) is 87.8 cm³/mol. The van der Waals surface area contributed by atoms with Gasteiger partial charge < -0.3 is 4.90 Å². The van der Waals surface area contributed by atoms with E-state index in [2.05, 4.69) is 11.8 Å². The van der Waals surface area contributed by atoms with Gasteiger partial charge in [0.1, 0.15) is 0 Å². The van der Waals surface area contributed by atoms with Crippen LogP contribution in [0.5, 0.6) is 0 Å². The van der Waals surface area contributed by atoms with Gasteiger partial charge in [0.2, 0.25) is 5.91 Å². The Kier molecular flexibility index (Phi) is 6.34. The first-order valence-electron chi connectivity index (χ1n) is 7.54. The number of carbonyl (C=O) groups excluding carboxylic acids is 1. The number of halogens is 2. The first-order chi connectivity index (χ1) is 10.1. The minimum atomic E-state index is 0.293. The van der Waals surface area contributed by atoms with Crippen molar-refractivity contribution >= 4 is 29.1 Å². The summed E-state index contributed by atoms with van der Waals surface area (Å²) in [5.74, 6) is 0.293. The average molecular weight is 329 g/mol. The van der Waals surface area contributed by atoms with E-state index in [9.17, 15) is 4.79 Å². The van der Waals surface area contributed by atoms with E-state index < -0.39 is 0 Å². The quantitative estimate of drug-likeness (QED) is 0.820. The molecule has 0 atom stereocenters. The molecular formula is C16H22Cl2N2O. The molecule has 0 unspecified atom stereocenters. The monoisotopic (exact) mass is 328 g/mol. The van der Waals surface area contributed by atoms with Gasteiger partial charge in [-0.2, -0.15) is 0 Å². The number of piperazine rings is 1. The van der Waals surface area contributed by atoms with Gasteiger partial charge in [-0.1, -0.05) is 42.6 Å². The number of amides is 1. The zero-order chi connectivity index (χ0) is 15.2. The lowest BCUT2D eigenvalue weighted by atomic mass is 10.2. The highest BCUT2D eigenvalue weighted by molar-refractivity contribution is 6.35. The summed E-state index contributed by atoms with van der Waals surface area (Å²) in [6.45, 7) is 6.35. The van der Waals surface area contributed by atoms with Crippen molar-refractivity contribution in [3.05, 3.63) is 33.8 Å². The second kappa shape index (κ2) is 8.02. The predicted octanol–water partition coefficient (Wildman–Crippen LogP) is 3.83. The first kappa shape index (κ1) is 16.6. The fourth-order valence-corrected chi connectivity index (χ4v) is 3.00. The maximum absolute atomic E-state index is 12.0. The molecule has 5 heteroatoms. The molecule has 21 heavy (non-hydrogen) atoms. The summed E-state index contributed by atoms with van der Waals surface area (Å²) in [5, 5.41) is 1.37. The van der Waals surface area contributed by atoms with E-state index in [-0.39, 0.29) is 0 Å². The largest absolute Gasteiger partial charge is 0.340 e. The molecule has 0 bridgehead atoms. The molecule has 2 rings (SSSR count). The SMILES string of the molecule is CCCCC(=O)N1CCN(Cc2ccc(Cl)cc2Cl)CC1. The van der Waals surface area contributed by atoms with Crippen LogP contribution in [0.4, 0.5) is 0 Å². The van der Waals surface area contributed by atoms with Crippen LogP contribution < -0.4 is 0 Å². The van der Waals surface area contributed by atoms with Crippen molar-refractivity contribution in [3.8, 4) is 0 Å². The molecule has 1 aromatic carbocycles. The number of carbonyl (C=O) groups is 1. The van der Waals surface area contributed by atoms with Crippen molar-refractivity contribution in [2.45, 2.75) is 32.7 Å². The van der Waals surface area contributed by atoms with Gasteiger partial charge in [0.25, 0.3) is 0 Å². The third kappa shape index (κ3) is 4.87. The van der Waals surface area contributed by atoms with Gasteiger partial charge in [0.15, 0.2) is 0 Å². The smallest absolute Gasteiger partial charge is 0.222 e. The maximum Gasteiger partial charge on any atom is 0.222 e. The molecule has 1 aromatic rings. The molecule has 0 N–H and O–H groups in total. The van der Waals surface area contributed by atoms with Crippen LogP contribution in [0, 0.1) is 0 Å². The number of hydrogen-bond donors (Lipinski definition) is 0. The Morgan fingerprint density at radius 3 is 2.52 bits per heavy atom. The number of hydrogen-bond acceptors (Lipinski definition) is 2. The first-order valence-corrected chi connectivity index (χ1v) is 8.30. The van der Waals surface area contributed by atoms with Crippen LogP contribution in [0.25, 0.3) is 0 Å².